The van der Waals surface area contributed by atoms with E-state index in [1.807, 2.05) is 6.92 Å². The van der Waals surface area contributed by atoms with Crippen LogP contribution in [-0.4, -0.2) is 16.9 Å². The Morgan fingerprint density at radius 1 is 1.47 bits per heavy atom. The summed E-state index contributed by atoms with van der Waals surface area (Å²) in [7, 11) is 0. The zero-order valence-corrected chi connectivity index (χ0v) is 10.7. The van der Waals surface area contributed by atoms with E-state index >= 15 is 0 Å². The summed E-state index contributed by atoms with van der Waals surface area (Å²) in [5.74, 6) is -0.359. The third kappa shape index (κ3) is 1.59. The standard InChI is InChI=1S/C15H15FN2O/c1-8-10-3-2-9(16)6-11(10)17-13(8)14(19)18-12-7-15(12)4-5-15/h2-3,6,12,17H,4-5,7H2,1H3,(H,18,19). The van der Waals surface area contributed by atoms with Gasteiger partial charge >= 0.3 is 0 Å². The molecule has 1 atom stereocenters. The number of aromatic nitrogens is 1. The molecule has 1 spiro atoms. The van der Waals surface area contributed by atoms with E-state index in [0.717, 1.165) is 17.4 Å². The molecule has 2 aliphatic rings. The van der Waals surface area contributed by atoms with Gasteiger partial charge in [-0.15, -0.1) is 0 Å². The van der Waals surface area contributed by atoms with Gasteiger partial charge in [0.05, 0.1) is 0 Å². The third-order valence-corrected chi connectivity index (χ3v) is 4.63. The molecule has 2 aromatic rings. The minimum absolute atomic E-state index is 0.0668. The van der Waals surface area contributed by atoms with Gasteiger partial charge in [0, 0.05) is 16.9 Å². The van der Waals surface area contributed by atoms with Gasteiger partial charge in [0.25, 0.3) is 5.91 Å². The fourth-order valence-electron chi connectivity index (χ4n) is 3.03. The lowest BCUT2D eigenvalue weighted by Crippen LogP contribution is -2.27. The fourth-order valence-corrected chi connectivity index (χ4v) is 3.03. The van der Waals surface area contributed by atoms with Crippen LogP contribution >= 0.6 is 0 Å². The maximum atomic E-state index is 13.2. The van der Waals surface area contributed by atoms with Gasteiger partial charge in [0.15, 0.2) is 0 Å². The lowest BCUT2D eigenvalue weighted by atomic mass is 10.1. The van der Waals surface area contributed by atoms with Crippen molar-refractivity contribution in [2.75, 3.05) is 0 Å². The number of aryl methyl sites for hydroxylation is 1. The van der Waals surface area contributed by atoms with E-state index in [2.05, 4.69) is 10.3 Å². The predicted octanol–water partition coefficient (Wildman–Crippen LogP) is 2.90. The molecule has 4 rings (SSSR count). The normalized spacial score (nSPS) is 22.7. The van der Waals surface area contributed by atoms with Crippen molar-refractivity contribution in [2.24, 2.45) is 5.41 Å². The molecule has 0 aliphatic heterocycles. The molecule has 3 nitrogen and oxygen atoms in total. The summed E-state index contributed by atoms with van der Waals surface area (Å²) in [5.41, 5.74) is 2.57. The molecule has 0 saturated heterocycles. The van der Waals surface area contributed by atoms with Crippen molar-refractivity contribution in [1.29, 1.82) is 0 Å². The van der Waals surface area contributed by atoms with Crippen LogP contribution in [0, 0.1) is 18.2 Å². The van der Waals surface area contributed by atoms with Crippen LogP contribution in [0.3, 0.4) is 0 Å². The maximum absolute atomic E-state index is 13.2. The van der Waals surface area contributed by atoms with Crippen molar-refractivity contribution in [2.45, 2.75) is 32.2 Å². The second kappa shape index (κ2) is 3.38. The number of amides is 1. The second-order valence-electron chi connectivity index (χ2n) is 5.91. The Hall–Kier alpha value is -1.84. The van der Waals surface area contributed by atoms with E-state index in [1.54, 1.807) is 6.07 Å². The van der Waals surface area contributed by atoms with Crippen molar-refractivity contribution in [1.82, 2.24) is 10.3 Å². The van der Waals surface area contributed by atoms with Gasteiger partial charge in [-0.05, 0) is 55.4 Å². The highest BCUT2D eigenvalue weighted by Gasteiger charge is 2.63. The van der Waals surface area contributed by atoms with Gasteiger partial charge < -0.3 is 10.3 Å². The maximum Gasteiger partial charge on any atom is 0.268 e. The lowest BCUT2D eigenvalue weighted by molar-refractivity contribution is 0.0943. The molecule has 2 N–H and O–H groups in total. The smallest absolute Gasteiger partial charge is 0.268 e. The molecule has 0 radical (unpaired) electrons. The first kappa shape index (κ1) is 11.0. The zero-order chi connectivity index (χ0) is 13.2. The minimum atomic E-state index is -0.292. The molecule has 2 aliphatic carbocycles. The number of benzene rings is 1. The molecule has 19 heavy (non-hydrogen) atoms. The first-order valence-electron chi connectivity index (χ1n) is 6.68. The molecule has 1 amide bonds. The number of rotatable bonds is 2. The molecule has 1 unspecified atom stereocenters. The first-order chi connectivity index (χ1) is 9.09. The van der Waals surface area contributed by atoms with Gasteiger partial charge in [0.1, 0.15) is 11.5 Å². The summed E-state index contributed by atoms with van der Waals surface area (Å²) in [5, 5.41) is 3.98. The number of hydrogen-bond acceptors (Lipinski definition) is 1. The molecular formula is C15H15FN2O. The van der Waals surface area contributed by atoms with Crippen LogP contribution in [-0.2, 0) is 0 Å². The van der Waals surface area contributed by atoms with Crippen LogP contribution in [0.4, 0.5) is 4.39 Å². The Kier molecular flexibility index (Phi) is 1.96. The SMILES string of the molecule is Cc1c(C(=O)NC2CC23CC3)[nH]c2cc(F)ccc12. The highest BCUT2D eigenvalue weighted by Crippen LogP contribution is 2.65. The fraction of sp³-hybridized carbons (Fsp3) is 0.400. The molecule has 0 bridgehead atoms. The Labute approximate surface area is 110 Å². The van der Waals surface area contributed by atoms with Crippen LogP contribution in [0.2, 0.25) is 0 Å². The number of H-pyrrole nitrogens is 1. The second-order valence-corrected chi connectivity index (χ2v) is 5.91. The van der Waals surface area contributed by atoms with E-state index in [0.29, 0.717) is 22.7 Å². The summed E-state index contributed by atoms with van der Waals surface area (Å²) in [4.78, 5) is 15.3. The van der Waals surface area contributed by atoms with Crippen LogP contribution in [0.5, 0.6) is 0 Å². The monoisotopic (exact) mass is 258 g/mol. The van der Waals surface area contributed by atoms with Crippen molar-refractivity contribution < 1.29 is 9.18 Å². The minimum Gasteiger partial charge on any atom is -0.350 e. The highest BCUT2D eigenvalue weighted by atomic mass is 19.1. The van der Waals surface area contributed by atoms with E-state index in [4.69, 9.17) is 0 Å². The number of aromatic amines is 1. The van der Waals surface area contributed by atoms with Crippen molar-refractivity contribution in [3.05, 3.63) is 35.3 Å². The number of hydrogen-bond donors (Lipinski definition) is 2. The Morgan fingerprint density at radius 3 is 2.95 bits per heavy atom. The van der Waals surface area contributed by atoms with Gasteiger partial charge in [0.2, 0.25) is 0 Å². The summed E-state index contributed by atoms with van der Waals surface area (Å²) in [6.45, 7) is 1.89. The zero-order valence-electron chi connectivity index (χ0n) is 10.7. The van der Waals surface area contributed by atoms with Gasteiger partial charge in [-0.1, -0.05) is 0 Å². The van der Waals surface area contributed by atoms with Gasteiger partial charge in [-0.25, -0.2) is 4.39 Å². The molecule has 2 saturated carbocycles. The number of carbonyl (C=O) groups excluding carboxylic acids is 1. The number of halogens is 1. The molecule has 1 aromatic carbocycles. The average Bonchev–Trinajstić information content (AvgIpc) is 3.25. The number of fused-ring (bicyclic) bond motifs is 1. The summed E-state index contributed by atoms with van der Waals surface area (Å²) in [6.07, 6.45) is 3.61. The first-order valence-corrected chi connectivity index (χ1v) is 6.68. The summed E-state index contributed by atoms with van der Waals surface area (Å²) >= 11 is 0. The van der Waals surface area contributed by atoms with E-state index in [-0.39, 0.29) is 11.7 Å². The average molecular weight is 258 g/mol. The summed E-state index contributed by atoms with van der Waals surface area (Å²) < 4.78 is 13.2. The number of carbonyl (C=O) groups is 1. The van der Waals surface area contributed by atoms with Crippen molar-refractivity contribution >= 4 is 16.8 Å². The van der Waals surface area contributed by atoms with E-state index in [9.17, 15) is 9.18 Å². The highest BCUT2D eigenvalue weighted by molar-refractivity contribution is 6.01. The largest absolute Gasteiger partial charge is 0.350 e. The quantitative estimate of drug-likeness (QED) is 0.854. The third-order valence-electron chi connectivity index (χ3n) is 4.63. The van der Waals surface area contributed by atoms with Crippen LogP contribution in [0.15, 0.2) is 18.2 Å². The molecule has 98 valence electrons. The van der Waals surface area contributed by atoms with Crippen LogP contribution in [0.25, 0.3) is 10.9 Å². The Bertz CT molecular complexity index is 699. The molecule has 4 heteroatoms. The predicted molar refractivity (Wildman–Crippen MR) is 70.5 cm³/mol. The molecule has 1 heterocycles. The van der Waals surface area contributed by atoms with Gasteiger partial charge in [-0.3, -0.25) is 4.79 Å². The van der Waals surface area contributed by atoms with Crippen LogP contribution < -0.4 is 5.32 Å². The Morgan fingerprint density at radius 2 is 2.26 bits per heavy atom. The molecular weight excluding hydrogens is 243 g/mol. The molecule has 2 fully saturated rings. The summed E-state index contributed by atoms with van der Waals surface area (Å²) in [6, 6.07) is 4.92. The van der Waals surface area contributed by atoms with Crippen LogP contribution in [0.1, 0.15) is 35.3 Å². The molecule has 1 aromatic heterocycles. The lowest BCUT2D eigenvalue weighted by Gasteiger charge is -2.03. The van der Waals surface area contributed by atoms with Crippen molar-refractivity contribution in [3.8, 4) is 0 Å². The number of nitrogens with one attached hydrogen (secondary N) is 2. The van der Waals surface area contributed by atoms with E-state index in [1.165, 1.54) is 25.0 Å². The van der Waals surface area contributed by atoms with Crippen molar-refractivity contribution in [3.63, 3.8) is 0 Å². The van der Waals surface area contributed by atoms with Gasteiger partial charge in [-0.2, -0.15) is 0 Å². The van der Waals surface area contributed by atoms with E-state index < -0.39 is 0 Å². The Balaban J connectivity index is 1.66. The topological polar surface area (TPSA) is 44.9 Å².